The van der Waals surface area contributed by atoms with Crippen LogP contribution in [-0.2, 0) is 11.4 Å². The second-order valence-corrected chi connectivity index (χ2v) is 5.19. The summed E-state index contributed by atoms with van der Waals surface area (Å²) in [7, 11) is 0. The Kier molecular flexibility index (Phi) is 4.30. The van der Waals surface area contributed by atoms with Gasteiger partial charge in [-0.3, -0.25) is 0 Å². The van der Waals surface area contributed by atoms with Crippen LogP contribution in [0.3, 0.4) is 0 Å². The molecule has 0 fully saturated rings. The Morgan fingerprint density at radius 2 is 2.16 bits per heavy atom. The van der Waals surface area contributed by atoms with Gasteiger partial charge in [-0.2, -0.15) is 0 Å². The van der Waals surface area contributed by atoms with Crippen molar-refractivity contribution in [2.45, 2.75) is 13.5 Å². The molecule has 0 saturated carbocycles. The van der Waals surface area contributed by atoms with Crippen molar-refractivity contribution in [3.05, 3.63) is 52.0 Å². The maximum Gasteiger partial charge on any atom is 0.328 e. The first-order valence-electron chi connectivity index (χ1n) is 5.68. The summed E-state index contributed by atoms with van der Waals surface area (Å²) in [5, 5.41) is 9.55. The number of hydrogen-bond acceptors (Lipinski definition) is 4. The molecule has 0 atom stereocenters. The van der Waals surface area contributed by atoms with Crippen LogP contribution in [0.4, 0.5) is 0 Å². The van der Waals surface area contributed by atoms with E-state index in [0.717, 1.165) is 27.3 Å². The Balaban J connectivity index is 1.93. The fraction of sp³-hybridized carbons (Fsp3) is 0.143. The molecule has 19 heavy (non-hydrogen) atoms. The van der Waals surface area contributed by atoms with Gasteiger partial charge < -0.3 is 9.84 Å². The highest BCUT2D eigenvalue weighted by atomic mass is 32.1. The molecule has 4 nitrogen and oxygen atoms in total. The van der Waals surface area contributed by atoms with Gasteiger partial charge in [-0.1, -0.05) is 12.1 Å². The zero-order valence-electron chi connectivity index (χ0n) is 10.4. The van der Waals surface area contributed by atoms with E-state index >= 15 is 0 Å². The van der Waals surface area contributed by atoms with Gasteiger partial charge in [-0.25, -0.2) is 9.78 Å². The third kappa shape index (κ3) is 4.22. The molecule has 0 saturated heterocycles. The molecular weight excluding hydrogens is 262 g/mol. The van der Waals surface area contributed by atoms with E-state index in [-0.39, 0.29) is 0 Å². The number of aryl methyl sites for hydroxylation is 1. The molecule has 98 valence electrons. The van der Waals surface area contributed by atoms with Gasteiger partial charge in [-0.15, -0.1) is 11.3 Å². The van der Waals surface area contributed by atoms with E-state index in [1.807, 2.05) is 37.4 Å². The lowest BCUT2D eigenvalue weighted by molar-refractivity contribution is -0.131. The lowest BCUT2D eigenvalue weighted by atomic mass is 10.2. The van der Waals surface area contributed by atoms with Crippen molar-refractivity contribution in [3.8, 4) is 5.75 Å². The van der Waals surface area contributed by atoms with Crippen LogP contribution in [0.5, 0.6) is 5.75 Å². The Morgan fingerprint density at radius 1 is 1.42 bits per heavy atom. The number of thiazole rings is 1. The quantitative estimate of drug-likeness (QED) is 0.852. The van der Waals surface area contributed by atoms with E-state index in [1.165, 1.54) is 0 Å². The highest BCUT2D eigenvalue weighted by Gasteiger charge is 1.99. The predicted octanol–water partition coefficient (Wildman–Crippen LogP) is 3.13. The van der Waals surface area contributed by atoms with Crippen LogP contribution in [0, 0.1) is 6.92 Å². The minimum absolute atomic E-state index is 0.496. The number of nitrogens with zero attached hydrogens (tertiary/aromatic N) is 1. The van der Waals surface area contributed by atoms with Crippen molar-refractivity contribution in [2.75, 3.05) is 0 Å². The van der Waals surface area contributed by atoms with E-state index in [0.29, 0.717) is 6.61 Å². The molecule has 0 amide bonds. The van der Waals surface area contributed by atoms with Crippen LogP contribution in [0.1, 0.15) is 15.4 Å². The second-order valence-electron chi connectivity index (χ2n) is 3.87. The van der Waals surface area contributed by atoms with Gasteiger partial charge >= 0.3 is 5.97 Å². The summed E-state index contributed by atoms with van der Waals surface area (Å²) >= 11 is 1.61. The molecule has 0 spiro atoms. The zero-order valence-corrected chi connectivity index (χ0v) is 11.2. The summed E-state index contributed by atoms with van der Waals surface area (Å²) < 4.78 is 5.62. The minimum Gasteiger partial charge on any atom is -0.488 e. The summed E-state index contributed by atoms with van der Waals surface area (Å²) in [5.74, 6) is -0.209. The fourth-order valence-electron chi connectivity index (χ4n) is 1.47. The summed E-state index contributed by atoms with van der Waals surface area (Å²) in [4.78, 5) is 15.6. The molecule has 1 aromatic heterocycles. The maximum absolute atomic E-state index is 10.4. The Labute approximate surface area is 115 Å². The lowest BCUT2D eigenvalue weighted by Gasteiger charge is -2.04. The van der Waals surface area contributed by atoms with Crippen molar-refractivity contribution in [1.29, 1.82) is 0 Å². The van der Waals surface area contributed by atoms with Gasteiger partial charge in [-0.05, 0) is 30.7 Å². The number of ether oxygens (including phenoxy) is 1. The summed E-state index contributed by atoms with van der Waals surface area (Å²) in [5.41, 5.74) is 0.823. The number of aliphatic carboxylic acids is 1. The fourth-order valence-corrected chi connectivity index (χ4v) is 2.18. The van der Waals surface area contributed by atoms with E-state index in [1.54, 1.807) is 17.4 Å². The minimum atomic E-state index is -0.958. The third-order valence-electron chi connectivity index (χ3n) is 2.35. The Bertz CT molecular complexity index is 587. The third-order valence-corrected chi connectivity index (χ3v) is 3.23. The average Bonchev–Trinajstić information content (AvgIpc) is 2.81. The number of benzene rings is 1. The van der Waals surface area contributed by atoms with Gasteiger partial charge in [0.15, 0.2) is 0 Å². The lowest BCUT2D eigenvalue weighted by Crippen LogP contribution is -1.92. The van der Waals surface area contributed by atoms with E-state index in [4.69, 9.17) is 9.84 Å². The maximum atomic E-state index is 10.4. The first kappa shape index (κ1) is 13.3. The second kappa shape index (κ2) is 6.15. The molecule has 0 aliphatic carbocycles. The Morgan fingerprint density at radius 3 is 2.74 bits per heavy atom. The standard InChI is InChI=1S/C14H13NO3S/c1-10-15-8-13(19-10)9-18-12-5-2-11(3-6-12)4-7-14(16)17/h2-8H,9H2,1H3,(H,16,17)/b7-4+. The molecule has 2 aromatic rings. The van der Waals surface area contributed by atoms with Gasteiger partial charge in [0.1, 0.15) is 12.4 Å². The normalized spacial score (nSPS) is 10.8. The van der Waals surface area contributed by atoms with Gasteiger partial charge in [0, 0.05) is 12.3 Å². The molecule has 0 aliphatic heterocycles. The summed E-state index contributed by atoms with van der Waals surface area (Å²) in [6, 6.07) is 7.25. The number of carbonyl (C=O) groups is 1. The largest absolute Gasteiger partial charge is 0.488 e. The zero-order chi connectivity index (χ0) is 13.7. The molecule has 1 aromatic carbocycles. The topological polar surface area (TPSA) is 59.4 Å². The van der Waals surface area contributed by atoms with E-state index < -0.39 is 5.97 Å². The van der Waals surface area contributed by atoms with Crippen molar-refractivity contribution in [1.82, 2.24) is 4.98 Å². The van der Waals surface area contributed by atoms with Crippen LogP contribution >= 0.6 is 11.3 Å². The Hall–Kier alpha value is -2.14. The molecule has 0 radical (unpaired) electrons. The molecule has 0 unspecified atom stereocenters. The van der Waals surface area contributed by atoms with Crippen molar-refractivity contribution in [3.63, 3.8) is 0 Å². The number of carboxylic acid groups (broad SMARTS) is 1. The first-order valence-corrected chi connectivity index (χ1v) is 6.50. The van der Waals surface area contributed by atoms with E-state index in [2.05, 4.69) is 4.98 Å². The number of rotatable bonds is 5. The number of carboxylic acids is 1. The first-order chi connectivity index (χ1) is 9.13. The van der Waals surface area contributed by atoms with Crippen molar-refractivity contribution >= 4 is 23.4 Å². The predicted molar refractivity (Wildman–Crippen MR) is 74.3 cm³/mol. The summed E-state index contributed by atoms with van der Waals surface area (Å²) in [6.07, 6.45) is 4.46. The highest BCUT2D eigenvalue weighted by molar-refractivity contribution is 7.11. The number of hydrogen-bond donors (Lipinski definition) is 1. The summed E-state index contributed by atoms with van der Waals surface area (Å²) in [6.45, 7) is 2.45. The average molecular weight is 275 g/mol. The van der Waals surface area contributed by atoms with Crippen LogP contribution in [0.2, 0.25) is 0 Å². The van der Waals surface area contributed by atoms with Crippen LogP contribution < -0.4 is 4.74 Å². The van der Waals surface area contributed by atoms with Crippen molar-refractivity contribution in [2.24, 2.45) is 0 Å². The van der Waals surface area contributed by atoms with Gasteiger partial charge in [0.05, 0.1) is 9.88 Å². The molecule has 5 heteroatoms. The molecular formula is C14H13NO3S. The molecule has 0 bridgehead atoms. The highest BCUT2D eigenvalue weighted by Crippen LogP contribution is 2.17. The van der Waals surface area contributed by atoms with Crippen LogP contribution in [0.25, 0.3) is 6.08 Å². The number of aromatic nitrogens is 1. The molecule has 1 N–H and O–H groups in total. The molecule has 2 rings (SSSR count). The monoisotopic (exact) mass is 275 g/mol. The van der Waals surface area contributed by atoms with Gasteiger partial charge in [0.25, 0.3) is 0 Å². The molecule has 1 heterocycles. The van der Waals surface area contributed by atoms with Crippen LogP contribution in [0.15, 0.2) is 36.5 Å². The van der Waals surface area contributed by atoms with Crippen molar-refractivity contribution < 1.29 is 14.6 Å². The molecule has 0 aliphatic rings. The van der Waals surface area contributed by atoms with Crippen LogP contribution in [-0.4, -0.2) is 16.1 Å². The SMILES string of the molecule is Cc1ncc(COc2ccc(/C=C/C(=O)O)cc2)s1. The smallest absolute Gasteiger partial charge is 0.328 e. The van der Waals surface area contributed by atoms with Gasteiger partial charge in [0.2, 0.25) is 0 Å². The van der Waals surface area contributed by atoms with E-state index in [9.17, 15) is 4.79 Å².